The van der Waals surface area contributed by atoms with E-state index in [1.54, 1.807) is 7.05 Å². The normalized spacial score (nSPS) is 18.5. The lowest BCUT2D eigenvalue weighted by molar-refractivity contribution is -0.138. The van der Waals surface area contributed by atoms with Gasteiger partial charge in [0.15, 0.2) is 0 Å². The minimum Gasteiger partial charge on any atom is -0.481 e. The number of hydrogen-bond acceptors (Lipinski definition) is 2. The lowest BCUT2D eigenvalue weighted by Gasteiger charge is -2.16. The Morgan fingerprint density at radius 1 is 0.369 bits per heavy atom. The highest BCUT2D eigenvalue weighted by atomic mass is 16.4. The zero-order valence-corrected chi connectivity index (χ0v) is 45.2. The Hall–Kier alpha value is -1.06. The molecule has 0 aliphatic heterocycles. The van der Waals surface area contributed by atoms with Gasteiger partial charge in [-0.1, -0.05) is 285 Å². The smallest absolute Gasteiger partial charge is 0.303 e. The average molecular weight is 915 g/mol. The summed E-state index contributed by atoms with van der Waals surface area (Å²) in [7, 11) is 1.78. The van der Waals surface area contributed by atoms with E-state index in [0.29, 0.717) is 18.3 Å². The van der Waals surface area contributed by atoms with E-state index >= 15 is 0 Å². The van der Waals surface area contributed by atoms with Crippen LogP contribution in [0.1, 0.15) is 336 Å². The molecule has 65 heavy (non-hydrogen) atoms. The molecular weight excluding hydrogens is 795 g/mol. The van der Waals surface area contributed by atoms with Crippen LogP contribution < -0.4 is 5.32 Å². The van der Waals surface area contributed by atoms with Gasteiger partial charge in [-0.25, -0.2) is 0 Å². The quantitative estimate of drug-likeness (QED) is 0.0598. The summed E-state index contributed by atoms with van der Waals surface area (Å²) in [4.78, 5) is 23.1. The molecule has 0 saturated heterocycles. The van der Waals surface area contributed by atoms with E-state index in [2.05, 4.69) is 33.0 Å². The van der Waals surface area contributed by atoms with Crippen molar-refractivity contribution in [1.29, 1.82) is 0 Å². The van der Waals surface area contributed by atoms with E-state index in [0.717, 1.165) is 42.9 Å². The fourth-order valence-corrected chi connectivity index (χ4v) is 11.2. The van der Waals surface area contributed by atoms with E-state index < -0.39 is 5.97 Å². The molecule has 2 aliphatic carbocycles. The minimum absolute atomic E-state index is 0.239. The number of amides is 1. The molecule has 6 unspecified atom stereocenters. The molecule has 1 amide bonds. The summed E-state index contributed by atoms with van der Waals surface area (Å²) in [5.74, 6) is 4.97. The number of unbranched alkanes of at least 4 members (excludes halogenated alkanes) is 30. The lowest BCUT2D eigenvalue weighted by Crippen LogP contribution is -2.21. The summed E-state index contributed by atoms with van der Waals surface area (Å²) in [6, 6.07) is 0. The van der Waals surface area contributed by atoms with E-state index in [9.17, 15) is 14.7 Å². The molecule has 2 aliphatic rings. The maximum Gasteiger partial charge on any atom is 0.303 e. The molecule has 4 heteroatoms. The fraction of sp³-hybridized carbons (Fsp3) is 0.967. The van der Waals surface area contributed by atoms with Gasteiger partial charge in [-0.3, -0.25) is 9.59 Å². The second-order valence-corrected chi connectivity index (χ2v) is 22.3. The first-order valence-electron chi connectivity index (χ1n) is 30.3. The van der Waals surface area contributed by atoms with Crippen molar-refractivity contribution >= 4 is 11.9 Å². The number of carbonyl (C=O) groups is 2. The van der Waals surface area contributed by atoms with Gasteiger partial charge in [0.05, 0.1) is 0 Å². The van der Waals surface area contributed by atoms with Crippen LogP contribution in [0.25, 0.3) is 0 Å². The molecule has 0 aromatic rings. The Morgan fingerprint density at radius 2 is 0.600 bits per heavy atom. The number of nitrogens with one attached hydrogen (secondary N) is 1. The fourth-order valence-electron chi connectivity index (χ4n) is 11.2. The predicted molar refractivity (Wildman–Crippen MR) is 287 cm³/mol. The van der Waals surface area contributed by atoms with Crippen molar-refractivity contribution < 1.29 is 14.7 Å². The number of hydrogen-bond donors (Lipinski definition) is 2. The first kappa shape index (κ1) is 62.0. The third-order valence-electron chi connectivity index (χ3n) is 16.0. The highest BCUT2D eigenvalue weighted by Crippen LogP contribution is 2.46. The van der Waals surface area contributed by atoms with Crippen LogP contribution in [0, 0.1) is 35.5 Å². The Bertz CT molecular complexity index is 1010. The molecule has 0 bridgehead atoms. The Morgan fingerprint density at radius 3 is 0.846 bits per heavy atom. The molecule has 2 N–H and O–H groups in total. The average Bonchev–Trinajstić information content (AvgIpc) is 4.24. The van der Waals surface area contributed by atoms with Crippen molar-refractivity contribution in [2.75, 3.05) is 7.05 Å². The molecule has 2 rings (SSSR count). The van der Waals surface area contributed by atoms with Crippen LogP contribution in [0.3, 0.4) is 0 Å². The van der Waals surface area contributed by atoms with Crippen LogP contribution in [0.4, 0.5) is 0 Å². The summed E-state index contributed by atoms with van der Waals surface area (Å²) < 4.78 is 0. The van der Waals surface area contributed by atoms with Gasteiger partial charge in [-0.05, 0) is 74.0 Å². The van der Waals surface area contributed by atoms with Crippen molar-refractivity contribution in [3.8, 4) is 0 Å². The van der Waals surface area contributed by atoms with E-state index in [-0.39, 0.29) is 5.91 Å². The zero-order chi connectivity index (χ0) is 47.3. The van der Waals surface area contributed by atoms with Crippen molar-refractivity contribution in [1.82, 2.24) is 5.32 Å². The zero-order valence-electron chi connectivity index (χ0n) is 45.2. The number of carboxylic acid groups (broad SMARTS) is 1. The molecule has 4 nitrogen and oxygen atoms in total. The Labute approximate surface area is 408 Å². The van der Waals surface area contributed by atoms with Crippen LogP contribution in [0.2, 0.25) is 0 Å². The first-order chi connectivity index (χ1) is 31.9. The molecule has 0 aromatic carbocycles. The van der Waals surface area contributed by atoms with Gasteiger partial charge in [0.2, 0.25) is 5.91 Å². The van der Waals surface area contributed by atoms with E-state index in [1.165, 1.54) is 283 Å². The van der Waals surface area contributed by atoms with Gasteiger partial charge in [0.1, 0.15) is 0 Å². The summed E-state index contributed by atoms with van der Waals surface area (Å²) >= 11 is 0. The maximum absolute atomic E-state index is 11.9. The summed E-state index contributed by atoms with van der Waals surface area (Å²) in [5, 5.41) is 12.1. The summed E-state index contributed by atoms with van der Waals surface area (Å²) in [6.07, 6.45) is 64.7. The van der Waals surface area contributed by atoms with Crippen molar-refractivity contribution in [3.63, 3.8) is 0 Å². The summed E-state index contributed by atoms with van der Waals surface area (Å²) in [5.41, 5.74) is 0. The standard InChI is InChI=1S/C31H61NO.C30H58O2/c1-4-6-8-10-12-14-18-22-28(26-31(33)32-3)23-19-15-13-17-21-25-30-27-29(30)24-20-16-11-9-7-5-2;1-3-5-7-9-11-13-17-21-27(25-30(31)32)22-18-14-12-16-20-24-29-26-28(29)23-19-15-10-8-6-4-2/h28-30H,4-27H2,1-3H3,(H,32,33);27-29H,3-26H2,1-2H3,(H,31,32). The Balaban J connectivity index is 0.000000650. The lowest BCUT2D eigenvalue weighted by atomic mass is 9.91. The third kappa shape index (κ3) is 41.6. The second-order valence-electron chi connectivity index (χ2n) is 22.3. The highest BCUT2D eigenvalue weighted by molar-refractivity contribution is 5.75. The molecule has 0 spiro atoms. The van der Waals surface area contributed by atoms with Crippen LogP contribution in [-0.2, 0) is 9.59 Å². The molecule has 386 valence electrons. The van der Waals surface area contributed by atoms with Crippen molar-refractivity contribution in [2.24, 2.45) is 35.5 Å². The molecular formula is C61H119NO3. The molecule has 2 fully saturated rings. The Kier molecular flexibility index (Phi) is 44.5. The third-order valence-corrected chi connectivity index (χ3v) is 16.0. The van der Waals surface area contributed by atoms with Gasteiger partial charge in [0, 0.05) is 19.9 Å². The van der Waals surface area contributed by atoms with Crippen molar-refractivity contribution in [2.45, 2.75) is 336 Å². The van der Waals surface area contributed by atoms with Gasteiger partial charge in [-0.2, -0.15) is 0 Å². The SMILES string of the molecule is CCCCCCCCCC(CCCCCCCC1CC1CCCCCCCC)CC(=O)NC.CCCCCCCCCC(CCCCCCCC1CC1CCCCCCCC)CC(=O)O. The topological polar surface area (TPSA) is 66.4 Å². The number of rotatable bonds is 50. The van der Waals surface area contributed by atoms with Gasteiger partial charge < -0.3 is 10.4 Å². The summed E-state index contributed by atoms with van der Waals surface area (Å²) in [6.45, 7) is 9.14. The van der Waals surface area contributed by atoms with E-state index in [1.807, 2.05) is 0 Å². The maximum atomic E-state index is 11.9. The minimum atomic E-state index is -0.599. The predicted octanol–water partition coefficient (Wildman–Crippen LogP) is 20.3. The van der Waals surface area contributed by atoms with Gasteiger partial charge >= 0.3 is 5.97 Å². The van der Waals surface area contributed by atoms with Crippen LogP contribution in [0.5, 0.6) is 0 Å². The monoisotopic (exact) mass is 914 g/mol. The van der Waals surface area contributed by atoms with Crippen LogP contribution in [-0.4, -0.2) is 24.0 Å². The van der Waals surface area contributed by atoms with Crippen molar-refractivity contribution in [3.05, 3.63) is 0 Å². The van der Waals surface area contributed by atoms with Gasteiger partial charge in [-0.15, -0.1) is 0 Å². The number of carbonyl (C=O) groups excluding carboxylic acids is 1. The molecule has 6 atom stereocenters. The number of aliphatic carboxylic acids is 1. The largest absolute Gasteiger partial charge is 0.481 e. The van der Waals surface area contributed by atoms with Gasteiger partial charge in [0.25, 0.3) is 0 Å². The molecule has 0 aromatic heterocycles. The molecule has 0 heterocycles. The van der Waals surface area contributed by atoms with Crippen LogP contribution >= 0.6 is 0 Å². The number of carboxylic acids is 1. The first-order valence-corrected chi connectivity index (χ1v) is 30.3. The van der Waals surface area contributed by atoms with Crippen LogP contribution in [0.15, 0.2) is 0 Å². The second kappa shape index (κ2) is 46.7. The van der Waals surface area contributed by atoms with E-state index in [4.69, 9.17) is 0 Å². The molecule has 0 radical (unpaired) electrons. The highest BCUT2D eigenvalue weighted by Gasteiger charge is 2.35. The molecule has 2 saturated carbocycles.